The van der Waals surface area contributed by atoms with E-state index in [1.807, 2.05) is 0 Å². The van der Waals surface area contributed by atoms with Gasteiger partial charge in [-0.25, -0.2) is 4.79 Å². The van der Waals surface area contributed by atoms with E-state index in [1.54, 1.807) is 13.8 Å². The van der Waals surface area contributed by atoms with E-state index in [2.05, 4.69) is 26.1 Å². The van der Waals surface area contributed by atoms with Gasteiger partial charge >= 0.3 is 5.97 Å². The molecule has 0 radical (unpaired) electrons. The largest absolute Gasteiger partial charge is 0.480 e. The predicted octanol–water partition coefficient (Wildman–Crippen LogP) is 3.59. The van der Waals surface area contributed by atoms with Gasteiger partial charge in [0.25, 0.3) is 0 Å². The summed E-state index contributed by atoms with van der Waals surface area (Å²) < 4.78 is 0. The van der Waals surface area contributed by atoms with Crippen LogP contribution in [0.3, 0.4) is 0 Å². The first kappa shape index (κ1) is 27.8. The number of carboxylic acid groups (broad SMARTS) is 1. The highest BCUT2D eigenvalue weighted by atomic mass is 16.4. The highest BCUT2D eigenvalue weighted by Gasteiger charge is 2.65. The summed E-state index contributed by atoms with van der Waals surface area (Å²) in [6, 6.07) is -0.859. The van der Waals surface area contributed by atoms with Crippen LogP contribution in [-0.2, 0) is 9.59 Å². The van der Waals surface area contributed by atoms with Crippen molar-refractivity contribution in [2.45, 2.75) is 117 Å². The Kier molecular flexibility index (Phi) is 7.87. The molecule has 0 bridgehead atoms. The maximum Gasteiger partial charge on any atom is 0.326 e. The summed E-state index contributed by atoms with van der Waals surface area (Å²) in [5, 5.41) is 45.0. The number of aliphatic hydroxyl groups excluding tert-OH is 3. The molecular weight excluding hydrogens is 458 g/mol. The van der Waals surface area contributed by atoms with Crippen molar-refractivity contribution in [2.75, 3.05) is 0 Å². The Morgan fingerprint density at radius 2 is 1.53 bits per heavy atom. The molecule has 36 heavy (non-hydrogen) atoms. The van der Waals surface area contributed by atoms with Gasteiger partial charge < -0.3 is 25.7 Å². The number of hydrogen-bond acceptors (Lipinski definition) is 5. The standard InChI is InChI=1S/C29H49NO6/c1-15(2)24(27(35)36)30-22(32)9-6-16(3)18-7-8-19-23-20(11-13-28(18,19)4)29(5)12-10-17(31)14-21(29)25(33)26(23)34/h15-21,23-26,31,33-34H,6-14H2,1-5H3,(H,30,32)(H,35,36)/t16-,17-,18-,19+,20+,21+,23+,24?,25-,26-,28-,29-/m1/s1. The summed E-state index contributed by atoms with van der Waals surface area (Å²) >= 11 is 0. The number of amides is 1. The zero-order valence-corrected chi connectivity index (χ0v) is 22.8. The molecule has 7 nitrogen and oxygen atoms in total. The SMILES string of the molecule is CC(C)C(NC(=O)CC[C@@H](C)[C@H]1CC[C@H]2[C@@H]3[C@@H](O)[C@H](O)[C@@H]4C[C@H](O)CC[C@]4(C)[C@H]3CC[C@]12C)C(=O)O. The van der Waals surface area contributed by atoms with E-state index < -0.39 is 24.2 Å². The van der Waals surface area contributed by atoms with Crippen molar-refractivity contribution >= 4 is 11.9 Å². The van der Waals surface area contributed by atoms with E-state index in [9.17, 15) is 30.0 Å². The number of carbonyl (C=O) groups excluding carboxylic acids is 1. The molecule has 4 fully saturated rings. The molecule has 4 aliphatic carbocycles. The van der Waals surface area contributed by atoms with E-state index >= 15 is 0 Å². The number of nitrogens with one attached hydrogen (secondary N) is 1. The van der Waals surface area contributed by atoms with Crippen molar-refractivity contribution in [2.24, 2.45) is 52.3 Å². The fourth-order valence-corrected chi connectivity index (χ4v) is 9.53. The van der Waals surface area contributed by atoms with Crippen LogP contribution in [-0.4, -0.2) is 56.7 Å². The minimum Gasteiger partial charge on any atom is -0.480 e. The van der Waals surface area contributed by atoms with Gasteiger partial charge in [-0.2, -0.15) is 0 Å². The second-order valence-electron chi connectivity index (χ2n) is 13.7. The highest BCUT2D eigenvalue weighted by Crippen LogP contribution is 2.68. The van der Waals surface area contributed by atoms with Crippen molar-refractivity contribution < 1.29 is 30.0 Å². The average Bonchev–Trinajstić information content (AvgIpc) is 3.17. The van der Waals surface area contributed by atoms with Crippen LogP contribution in [0.2, 0.25) is 0 Å². The first-order chi connectivity index (χ1) is 16.8. The lowest BCUT2D eigenvalue weighted by molar-refractivity contribution is -0.223. The van der Waals surface area contributed by atoms with Crippen molar-refractivity contribution in [3.63, 3.8) is 0 Å². The molecule has 0 aliphatic heterocycles. The van der Waals surface area contributed by atoms with Crippen LogP contribution in [0.4, 0.5) is 0 Å². The summed E-state index contributed by atoms with van der Waals surface area (Å²) in [4.78, 5) is 24.0. The van der Waals surface area contributed by atoms with Crippen LogP contribution in [0.15, 0.2) is 0 Å². The minimum atomic E-state index is -0.994. The highest BCUT2D eigenvalue weighted by molar-refractivity contribution is 5.83. The third-order valence-corrected chi connectivity index (χ3v) is 11.6. The van der Waals surface area contributed by atoms with Gasteiger partial charge in [-0.05, 0) is 104 Å². The van der Waals surface area contributed by atoms with Crippen LogP contribution in [0, 0.1) is 52.3 Å². The van der Waals surface area contributed by atoms with E-state index in [1.165, 1.54) is 0 Å². The summed E-state index contributed by atoms with van der Waals surface area (Å²) in [6.07, 6.45) is 5.67. The topological polar surface area (TPSA) is 127 Å². The first-order valence-electron chi connectivity index (χ1n) is 14.4. The van der Waals surface area contributed by atoms with E-state index in [-0.39, 0.29) is 40.6 Å². The molecule has 0 saturated heterocycles. The molecule has 0 spiro atoms. The Hall–Kier alpha value is -1.18. The summed E-state index contributed by atoms with van der Waals surface area (Å²) in [5.74, 6) is 0.166. The molecular formula is C29H49NO6. The first-order valence-corrected chi connectivity index (χ1v) is 14.4. The molecule has 1 amide bonds. The van der Waals surface area contributed by atoms with Crippen LogP contribution in [0.5, 0.6) is 0 Å². The Morgan fingerprint density at radius 3 is 2.17 bits per heavy atom. The lowest BCUT2D eigenvalue weighted by atomic mass is 9.43. The van der Waals surface area contributed by atoms with Crippen LogP contribution >= 0.6 is 0 Å². The number of aliphatic hydroxyl groups is 3. The number of rotatable bonds is 7. The van der Waals surface area contributed by atoms with Crippen molar-refractivity contribution in [3.8, 4) is 0 Å². The van der Waals surface area contributed by atoms with Gasteiger partial charge in [0.2, 0.25) is 5.91 Å². The fourth-order valence-electron chi connectivity index (χ4n) is 9.53. The van der Waals surface area contributed by atoms with E-state index in [0.29, 0.717) is 36.5 Å². The molecule has 0 aromatic carbocycles. The number of aliphatic carboxylic acids is 1. The van der Waals surface area contributed by atoms with E-state index in [0.717, 1.165) is 44.9 Å². The Labute approximate surface area is 216 Å². The number of hydrogen-bond donors (Lipinski definition) is 5. The molecule has 4 saturated carbocycles. The number of carbonyl (C=O) groups is 2. The molecule has 4 aliphatic rings. The lowest BCUT2D eigenvalue weighted by Gasteiger charge is -2.63. The molecule has 206 valence electrons. The smallest absolute Gasteiger partial charge is 0.326 e. The molecule has 0 heterocycles. The Bertz CT molecular complexity index is 833. The molecule has 1 unspecified atom stereocenters. The molecule has 7 heteroatoms. The third kappa shape index (κ3) is 4.62. The predicted molar refractivity (Wildman–Crippen MR) is 137 cm³/mol. The minimum absolute atomic E-state index is 0.0389. The van der Waals surface area contributed by atoms with Gasteiger partial charge in [-0.1, -0.05) is 34.6 Å². The van der Waals surface area contributed by atoms with Gasteiger partial charge in [0.15, 0.2) is 0 Å². The van der Waals surface area contributed by atoms with Crippen molar-refractivity contribution in [1.82, 2.24) is 5.32 Å². The number of carboxylic acids is 1. The van der Waals surface area contributed by atoms with Gasteiger partial charge in [0.05, 0.1) is 18.3 Å². The van der Waals surface area contributed by atoms with Crippen LogP contribution in [0.1, 0.15) is 92.4 Å². The van der Waals surface area contributed by atoms with Gasteiger partial charge in [0.1, 0.15) is 6.04 Å². The van der Waals surface area contributed by atoms with Crippen LogP contribution < -0.4 is 5.32 Å². The summed E-state index contributed by atoms with van der Waals surface area (Å²) in [7, 11) is 0. The second-order valence-corrected chi connectivity index (χ2v) is 13.7. The third-order valence-electron chi connectivity index (χ3n) is 11.6. The van der Waals surface area contributed by atoms with Gasteiger partial charge in [-0.3, -0.25) is 4.79 Å². The molecule has 5 N–H and O–H groups in total. The lowest BCUT2D eigenvalue weighted by Crippen LogP contribution is -2.64. The van der Waals surface area contributed by atoms with Crippen molar-refractivity contribution in [1.29, 1.82) is 0 Å². The van der Waals surface area contributed by atoms with Gasteiger partial charge in [0, 0.05) is 6.42 Å². The zero-order chi connectivity index (χ0) is 26.6. The van der Waals surface area contributed by atoms with Crippen LogP contribution in [0.25, 0.3) is 0 Å². The normalized spacial score (nSPS) is 45.8. The van der Waals surface area contributed by atoms with Crippen molar-refractivity contribution in [3.05, 3.63) is 0 Å². The maximum absolute atomic E-state index is 12.6. The van der Waals surface area contributed by atoms with Gasteiger partial charge in [-0.15, -0.1) is 0 Å². The molecule has 12 atom stereocenters. The molecule has 4 rings (SSSR count). The summed E-state index contributed by atoms with van der Waals surface area (Å²) in [5.41, 5.74) is 0.0272. The average molecular weight is 508 g/mol. The zero-order valence-electron chi connectivity index (χ0n) is 22.8. The second kappa shape index (κ2) is 10.2. The maximum atomic E-state index is 12.6. The Morgan fingerprint density at radius 1 is 0.889 bits per heavy atom. The monoisotopic (exact) mass is 507 g/mol. The molecule has 0 aromatic rings. The summed E-state index contributed by atoms with van der Waals surface area (Å²) in [6.45, 7) is 10.5. The Balaban J connectivity index is 1.44. The number of fused-ring (bicyclic) bond motifs is 5. The quantitative estimate of drug-likeness (QED) is 0.358. The molecule has 0 aromatic heterocycles. The van der Waals surface area contributed by atoms with E-state index in [4.69, 9.17) is 0 Å². The fraction of sp³-hybridized carbons (Fsp3) is 0.931.